The van der Waals surface area contributed by atoms with Crippen LogP contribution in [0.1, 0.15) is 27.7 Å². The van der Waals surface area contributed by atoms with Crippen LogP contribution >= 0.6 is 0 Å². The van der Waals surface area contributed by atoms with Crippen LogP contribution in [0.5, 0.6) is 0 Å². The van der Waals surface area contributed by atoms with Crippen LogP contribution in [0.3, 0.4) is 0 Å². The molecular formula is C10H19N. The fraction of sp³-hybridized carbons (Fsp3) is 0.800. The van der Waals surface area contributed by atoms with E-state index in [1.807, 2.05) is 0 Å². The van der Waals surface area contributed by atoms with E-state index in [-0.39, 0.29) is 0 Å². The molecule has 0 aliphatic carbocycles. The molecule has 64 valence electrons. The molecule has 1 N–H and O–H groups in total. The SMILES string of the molecule is CC(C)=C1CNCC1C(C)C. The number of nitrogens with one attached hydrogen (secondary N) is 1. The van der Waals surface area contributed by atoms with E-state index in [0.717, 1.165) is 18.4 Å². The van der Waals surface area contributed by atoms with Crippen molar-refractivity contribution in [2.24, 2.45) is 11.8 Å². The van der Waals surface area contributed by atoms with Gasteiger partial charge >= 0.3 is 0 Å². The van der Waals surface area contributed by atoms with Gasteiger partial charge in [-0.15, -0.1) is 0 Å². The van der Waals surface area contributed by atoms with Gasteiger partial charge in [0, 0.05) is 13.1 Å². The van der Waals surface area contributed by atoms with Crippen LogP contribution in [0.4, 0.5) is 0 Å². The zero-order valence-electron chi connectivity index (χ0n) is 8.07. The van der Waals surface area contributed by atoms with Crippen molar-refractivity contribution in [3.8, 4) is 0 Å². The molecule has 1 unspecified atom stereocenters. The van der Waals surface area contributed by atoms with Crippen LogP contribution in [0.25, 0.3) is 0 Å². The summed E-state index contributed by atoms with van der Waals surface area (Å²) in [6.07, 6.45) is 0. The van der Waals surface area contributed by atoms with Crippen molar-refractivity contribution in [2.75, 3.05) is 13.1 Å². The Balaban J connectivity index is 2.74. The van der Waals surface area contributed by atoms with E-state index >= 15 is 0 Å². The molecule has 1 heterocycles. The minimum absolute atomic E-state index is 0.787. The molecule has 0 amide bonds. The van der Waals surface area contributed by atoms with Crippen molar-refractivity contribution >= 4 is 0 Å². The second kappa shape index (κ2) is 3.40. The summed E-state index contributed by atoms with van der Waals surface area (Å²) in [5.74, 6) is 1.58. The first-order valence-corrected chi connectivity index (χ1v) is 4.50. The van der Waals surface area contributed by atoms with Gasteiger partial charge in [-0.1, -0.05) is 25.0 Å². The van der Waals surface area contributed by atoms with Gasteiger partial charge in [-0.05, 0) is 25.7 Å². The Labute approximate surface area is 69.9 Å². The van der Waals surface area contributed by atoms with Gasteiger partial charge in [0.25, 0.3) is 0 Å². The molecule has 1 atom stereocenters. The molecule has 0 aromatic rings. The van der Waals surface area contributed by atoms with Gasteiger partial charge in [0.15, 0.2) is 0 Å². The van der Waals surface area contributed by atoms with Crippen LogP contribution in [0, 0.1) is 11.8 Å². The summed E-state index contributed by atoms with van der Waals surface area (Å²) in [4.78, 5) is 0. The van der Waals surface area contributed by atoms with E-state index in [1.165, 1.54) is 12.1 Å². The molecule has 1 aliphatic heterocycles. The second-order valence-electron chi connectivity index (χ2n) is 4.01. The Bertz CT molecular complexity index is 164. The summed E-state index contributed by atoms with van der Waals surface area (Å²) in [7, 11) is 0. The van der Waals surface area contributed by atoms with Gasteiger partial charge in [-0.2, -0.15) is 0 Å². The average Bonchev–Trinajstić information content (AvgIpc) is 2.32. The number of allylic oxidation sites excluding steroid dienone is 1. The highest BCUT2D eigenvalue weighted by Crippen LogP contribution is 2.25. The summed E-state index contributed by atoms with van der Waals surface area (Å²) < 4.78 is 0. The Hall–Kier alpha value is -0.300. The largest absolute Gasteiger partial charge is 0.312 e. The molecule has 1 nitrogen and oxygen atoms in total. The van der Waals surface area contributed by atoms with E-state index in [1.54, 1.807) is 5.57 Å². The lowest BCUT2D eigenvalue weighted by atomic mass is 9.89. The van der Waals surface area contributed by atoms with Gasteiger partial charge in [0.05, 0.1) is 0 Å². The first-order valence-electron chi connectivity index (χ1n) is 4.50. The Morgan fingerprint density at radius 2 is 2.09 bits per heavy atom. The third-order valence-corrected chi connectivity index (χ3v) is 2.57. The van der Waals surface area contributed by atoms with Crippen molar-refractivity contribution in [3.63, 3.8) is 0 Å². The van der Waals surface area contributed by atoms with Crippen molar-refractivity contribution in [1.29, 1.82) is 0 Å². The monoisotopic (exact) mass is 153 g/mol. The smallest absolute Gasteiger partial charge is 0.0170 e. The Morgan fingerprint density at radius 1 is 1.45 bits per heavy atom. The fourth-order valence-corrected chi connectivity index (χ4v) is 1.80. The van der Waals surface area contributed by atoms with Gasteiger partial charge < -0.3 is 5.32 Å². The minimum Gasteiger partial charge on any atom is -0.312 e. The molecule has 1 fully saturated rings. The zero-order valence-corrected chi connectivity index (χ0v) is 8.07. The predicted molar refractivity (Wildman–Crippen MR) is 49.6 cm³/mol. The van der Waals surface area contributed by atoms with Crippen molar-refractivity contribution in [1.82, 2.24) is 5.32 Å². The van der Waals surface area contributed by atoms with Gasteiger partial charge in [0.1, 0.15) is 0 Å². The van der Waals surface area contributed by atoms with Crippen LogP contribution in [0.2, 0.25) is 0 Å². The van der Waals surface area contributed by atoms with Crippen molar-refractivity contribution in [2.45, 2.75) is 27.7 Å². The normalized spacial score (nSPS) is 24.8. The predicted octanol–water partition coefficient (Wildman–Crippen LogP) is 2.20. The Morgan fingerprint density at radius 3 is 2.45 bits per heavy atom. The molecule has 0 aromatic heterocycles. The van der Waals surface area contributed by atoms with Crippen molar-refractivity contribution in [3.05, 3.63) is 11.1 Å². The lowest BCUT2D eigenvalue weighted by Crippen LogP contribution is -2.13. The molecule has 1 rings (SSSR count). The highest BCUT2D eigenvalue weighted by atomic mass is 14.9. The maximum Gasteiger partial charge on any atom is 0.0170 e. The molecule has 1 saturated heterocycles. The quantitative estimate of drug-likeness (QED) is 0.569. The maximum absolute atomic E-state index is 3.43. The molecule has 11 heavy (non-hydrogen) atoms. The lowest BCUT2D eigenvalue weighted by molar-refractivity contribution is 0.469. The lowest BCUT2D eigenvalue weighted by Gasteiger charge is -2.16. The van der Waals surface area contributed by atoms with E-state index in [4.69, 9.17) is 0 Å². The topological polar surface area (TPSA) is 12.0 Å². The number of rotatable bonds is 1. The van der Waals surface area contributed by atoms with Gasteiger partial charge in [-0.3, -0.25) is 0 Å². The van der Waals surface area contributed by atoms with E-state index < -0.39 is 0 Å². The molecular weight excluding hydrogens is 134 g/mol. The molecule has 0 aromatic carbocycles. The summed E-state index contributed by atoms with van der Waals surface area (Å²) in [6.45, 7) is 11.3. The fourth-order valence-electron chi connectivity index (χ4n) is 1.80. The van der Waals surface area contributed by atoms with E-state index in [9.17, 15) is 0 Å². The first kappa shape index (κ1) is 8.79. The van der Waals surface area contributed by atoms with Gasteiger partial charge in [0.2, 0.25) is 0 Å². The second-order valence-corrected chi connectivity index (χ2v) is 4.01. The third kappa shape index (κ3) is 1.84. The summed E-state index contributed by atoms with van der Waals surface area (Å²) in [5, 5.41) is 3.43. The first-order chi connectivity index (χ1) is 5.13. The van der Waals surface area contributed by atoms with Crippen molar-refractivity contribution < 1.29 is 0 Å². The summed E-state index contributed by atoms with van der Waals surface area (Å²) in [6, 6.07) is 0. The van der Waals surface area contributed by atoms with E-state index in [2.05, 4.69) is 33.0 Å². The molecule has 0 spiro atoms. The third-order valence-electron chi connectivity index (χ3n) is 2.57. The molecule has 1 heteroatoms. The minimum atomic E-state index is 0.787. The van der Waals surface area contributed by atoms with Crippen LogP contribution in [-0.4, -0.2) is 13.1 Å². The summed E-state index contributed by atoms with van der Waals surface area (Å²) in [5.41, 5.74) is 3.15. The zero-order chi connectivity index (χ0) is 8.43. The summed E-state index contributed by atoms with van der Waals surface area (Å²) >= 11 is 0. The maximum atomic E-state index is 3.43. The molecule has 1 aliphatic rings. The molecule has 0 radical (unpaired) electrons. The van der Waals surface area contributed by atoms with E-state index in [0.29, 0.717) is 0 Å². The van der Waals surface area contributed by atoms with Crippen LogP contribution in [0.15, 0.2) is 11.1 Å². The van der Waals surface area contributed by atoms with Crippen LogP contribution < -0.4 is 5.32 Å². The van der Waals surface area contributed by atoms with Gasteiger partial charge in [-0.25, -0.2) is 0 Å². The highest BCUT2D eigenvalue weighted by molar-refractivity contribution is 5.19. The number of hydrogen-bond donors (Lipinski definition) is 1. The van der Waals surface area contributed by atoms with Crippen LogP contribution in [-0.2, 0) is 0 Å². The number of hydrogen-bond acceptors (Lipinski definition) is 1. The highest BCUT2D eigenvalue weighted by Gasteiger charge is 2.23. The standard InChI is InChI=1S/C10H19N/c1-7(2)9-5-11-6-10(9)8(3)4/h7,9,11H,5-6H2,1-4H3. The average molecular weight is 153 g/mol. The molecule has 0 bridgehead atoms. The Kier molecular flexibility index (Phi) is 2.72. The molecule has 0 saturated carbocycles.